The number of fused-ring (bicyclic) bond motifs is 1. The third-order valence-corrected chi connectivity index (χ3v) is 4.84. The molecule has 148 valence electrons. The molecule has 0 saturated heterocycles. The van der Waals surface area contributed by atoms with Gasteiger partial charge in [0.25, 0.3) is 5.43 Å². The number of aromatic amines is 1. The molecule has 0 fully saturated rings. The van der Waals surface area contributed by atoms with E-state index in [1.165, 1.54) is 24.3 Å². The van der Waals surface area contributed by atoms with E-state index < -0.39 is 16.8 Å². The highest BCUT2D eigenvalue weighted by atomic mass is 16.4. The number of hydrogen-bond donors (Lipinski definition) is 2. The summed E-state index contributed by atoms with van der Waals surface area (Å²) < 4.78 is 5.69. The predicted molar refractivity (Wildman–Crippen MR) is 110 cm³/mol. The number of nitrogens with zero attached hydrogens (tertiary/aromatic N) is 2. The lowest BCUT2D eigenvalue weighted by Gasteiger charge is -2.13. The van der Waals surface area contributed by atoms with E-state index in [4.69, 9.17) is 9.68 Å². The van der Waals surface area contributed by atoms with Gasteiger partial charge in [-0.3, -0.25) is 9.59 Å². The van der Waals surface area contributed by atoms with Crippen LogP contribution in [0.15, 0.2) is 56.5 Å². The zero-order valence-corrected chi connectivity index (χ0v) is 16.0. The lowest BCUT2D eigenvalue weighted by Crippen LogP contribution is -2.30. The lowest BCUT2D eigenvalue weighted by molar-refractivity contribution is 0.0695. The van der Waals surface area contributed by atoms with Crippen molar-refractivity contribution in [3.63, 3.8) is 0 Å². The zero-order valence-electron chi connectivity index (χ0n) is 16.0. The molecule has 0 spiro atoms. The standard InChI is InChI=1S/C22H15N3O5/c1-25(2)13-7-8-14-15(9-13)30-21-18(24-14)17(22(28)29)16(19(26)20(21)27)12-5-3-11(10-23)4-6-12/h3-9,24H,1-2H3,(H,28,29). The third kappa shape index (κ3) is 2.89. The van der Waals surface area contributed by atoms with Crippen LogP contribution in [0.25, 0.3) is 22.2 Å². The van der Waals surface area contributed by atoms with E-state index in [9.17, 15) is 19.5 Å². The van der Waals surface area contributed by atoms with Gasteiger partial charge in [-0.1, -0.05) is 12.1 Å². The number of aromatic nitrogens is 1. The molecule has 0 radical (unpaired) electrons. The maximum absolute atomic E-state index is 12.9. The highest BCUT2D eigenvalue weighted by Gasteiger charge is 2.23. The number of hydrogen-bond acceptors (Lipinski definition) is 6. The molecular formula is C22H15N3O5. The van der Waals surface area contributed by atoms with Crippen LogP contribution in [-0.4, -0.2) is 30.2 Å². The maximum Gasteiger partial charge on any atom is 0.338 e. The summed E-state index contributed by atoms with van der Waals surface area (Å²) in [6.45, 7) is 0. The van der Waals surface area contributed by atoms with Crippen molar-refractivity contribution in [1.82, 2.24) is 4.98 Å². The molecule has 1 aliphatic carbocycles. The largest absolute Gasteiger partial charge is 0.478 e. The second-order valence-corrected chi connectivity index (χ2v) is 6.91. The average molecular weight is 401 g/mol. The van der Waals surface area contributed by atoms with Crippen molar-refractivity contribution in [2.45, 2.75) is 0 Å². The first-order valence-electron chi connectivity index (χ1n) is 8.90. The number of benzene rings is 2. The summed E-state index contributed by atoms with van der Waals surface area (Å²) in [6, 6.07) is 12.9. The van der Waals surface area contributed by atoms with Gasteiger partial charge in [0, 0.05) is 25.8 Å². The monoisotopic (exact) mass is 401 g/mol. The van der Waals surface area contributed by atoms with Crippen LogP contribution in [0.2, 0.25) is 0 Å². The molecule has 0 bridgehead atoms. The van der Waals surface area contributed by atoms with E-state index in [2.05, 4.69) is 4.98 Å². The molecule has 2 aromatic carbocycles. The highest BCUT2D eigenvalue weighted by molar-refractivity contribution is 5.96. The molecule has 2 N–H and O–H groups in total. The summed E-state index contributed by atoms with van der Waals surface area (Å²) in [5.41, 5.74) is -0.719. The minimum absolute atomic E-state index is 0.0726. The molecule has 0 aromatic heterocycles. The molecule has 4 rings (SSSR count). The van der Waals surface area contributed by atoms with Gasteiger partial charge in [0.2, 0.25) is 10.8 Å². The molecule has 1 aliphatic heterocycles. The Morgan fingerprint density at radius 2 is 1.80 bits per heavy atom. The molecule has 0 amide bonds. The Morgan fingerprint density at radius 1 is 1.10 bits per heavy atom. The van der Waals surface area contributed by atoms with Gasteiger partial charge in [0.15, 0.2) is 5.58 Å². The molecule has 1 heterocycles. The van der Waals surface area contributed by atoms with Gasteiger partial charge in [0.05, 0.1) is 28.3 Å². The van der Waals surface area contributed by atoms with Crippen LogP contribution in [0.1, 0.15) is 15.9 Å². The Bertz CT molecular complexity index is 1540. The molecular weight excluding hydrogens is 386 g/mol. The summed E-state index contributed by atoms with van der Waals surface area (Å²) >= 11 is 0. The van der Waals surface area contributed by atoms with Crippen molar-refractivity contribution in [1.29, 1.82) is 5.26 Å². The van der Waals surface area contributed by atoms with Crippen molar-refractivity contribution < 1.29 is 14.3 Å². The first-order chi connectivity index (χ1) is 14.3. The fourth-order valence-corrected chi connectivity index (χ4v) is 3.32. The molecule has 2 aromatic rings. The first kappa shape index (κ1) is 19.0. The number of nitriles is 1. The Kier molecular flexibility index (Phi) is 4.36. The molecule has 8 heteroatoms. The molecule has 8 nitrogen and oxygen atoms in total. The molecule has 0 saturated carbocycles. The van der Waals surface area contributed by atoms with E-state index in [1.54, 1.807) is 12.1 Å². The molecule has 2 aliphatic rings. The summed E-state index contributed by atoms with van der Waals surface area (Å²) in [5.74, 6) is -1.38. The van der Waals surface area contributed by atoms with Crippen LogP contribution in [0, 0.1) is 22.1 Å². The normalized spacial score (nSPS) is 10.8. The number of nitrogens with one attached hydrogen (secondary N) is 1. The van der Waals surface area contributed by atoms with E-state index in [1.807, 2.05) is 31.1 Å². The quantitative estimate of drug-likeness (QED) is 0.505. The van der Waals surface area contributed by atoms with Crippen LogP contribution < -0.4 is 15.8 Å². The van der Waals surface area contributed by atoms with Crippen LogP contribution in [0.4, 0.5) is 5.69 Å². The Morgan fingerprint density at radius 3 is 2.40 bits per heavy atom. The Labute approximate surface area is 168 Å². The van der Waals surface area contributed by atoms with Gasteiger partial charge in [-0.05, 0) is 29.8 Å². The number of anilines is 1. The summed E-state index contributed by atoms with van der Waals surface area (Å²) in [6.07, 6.45) is 0. The molecule has 0 unspecified atom stereocenters. The van der Waals surface area contributed by atoms with Crippen LogP contribution in [0.3, 0.4) is 0 Å². The van der Waals surface area contributed by atoms with E-state index >= 15 is 0 Å². The van der Waals surface area contributed by atoms with Gasteiger partial charge in [-0.15, -0.1) is 0 Å². The van der Waals surface area contributed by atoms with Gasteiger partial charge in [-0.25, -0.2) is 4.79 Å². The van der Waals surface area contributed by atoms with Crippen molar-refractivity contribution in [3.05, 3.63) is 84.8 Å². The molecule has 0 atom stereocenters. The number of aromatic carboxylic acids is 1. The third-order valence-electron chi connectivity index (χ3n) is 4.84. The van der Waals surface area contributed by atoms with Crippen LogP contribution in [0.5, 0.6) is 0 Å². The topological polar surface area (TPSA) is 127 Å². The lowest BCUT2D eigenvalue weighted by atomic mass is 9.97. The molecule has 30 heavy (non-hydrogen) atoms. The van der Waals surface area contributed by atoms with Gasteiger partial charge in [-0.2, -0.15) is 5.26 Å². The first-order valence-corrected chi connectivity index (χ1v) is 8.90. The van der Waals surface area contributed by atoms with E-state index in [0.29, 0.717) is 16.7 Å². The minimum Gasteiger partial charge on any atom is -0.478 e. The van der Waals surface area contributed by atoms with Crippen molar-refractivity contribution in [3.8, 4) is 17.2 Å². The minimum atomic E-state index is -1.38. The Hall–Kier alpha value is -4.38. The van der Waals surface area contributed by atoms with E-state index in [-0.39, 0.29) is 27.5 Å². The van der Waals surface area contributed by atoms with Crippen molar-refractivity contribution >= 4 is 22.8 Å². The van der Waals surface area contributed by atoms with E-state index in [0.717, 1.165) is 5.69 Å². The fraction of sp³-hybridized carbons (Fsp3) is 0.0909. The number of H-pyrrole nitrogens is 1. The summed E-state index contributed by atoms with van der Waals surface area (Å²) in [5, 5.41) is 18.8. The Balaban J connectivity index is 2.17. The SMILES string of the molecule is CN(C)c1ccc2[nH]c3c(C(=O)O)c(-c4ccc(C#N)cc4)c(=O)c(=O)c=3oc2c1. The maximum atomic E-state index is 12.9. The highest BCUT2D eigenvalue weighted by Crippen LogP contribution is 2.24. The second kappa shape index (κ2) is 6.90. The van der Waals surface area contributed by atoms with Gasteiger partial charge in [0.1, 0.15) is 5.35 Å². The second-order valence-electron chi connectivity index (χ2n) is 6.91. The summed E-state index contributed by atoms with van der Waals surface area (Å²) in [7, 11) is 3.68. The van der Waals surface area contributed by atoms with Gasteiger partial charge >= 0.3 is 5.97 Å². The number of rotatable bonds is 3. The summed E-state index contributed by atoms with van der Waals surface area (Å²) in [4.78, 5) is 42.5. The zero-order chi connectivity index (χ0) is 21.6. The number of carboxylic acid groups (broad SMARTS) is 1. The smallest absolute Gasteiger partial charge is 0.338 e. The van der Waals surface area contributed by atoms with Gasteiger partial charge < -0.3 is 19.4 Å². The average Bonchev–Trinajstić information content (AvgIpc) is 2.74. The predicted octanol–water partition coefficient (Wildman–Crippen LogP) is 2.51. The van der Waals surface area contributed by atoms with Crippen LogP contribution >= 0.6 is 0 Å². The van der Waals surface area contributed by atoms with Crippen molar-refractivity contribution in [2.24, 2.45) is 0 Å². The van der Waals surface area contributed by atoms with Crippen LogP contribution in [-0.2, 0) is 0 Å². The number of carboxylic acids is 1. The number of carbonyl (C=O) groups is 1. The fourth-order valence-electron chi connectivity index (χ4n) is 3.32. The van der Waals surface area contributed by atoms with Crippen molar-refractivity contribution in [2.75, 3.05) is 19.0 Å².